The molecular weight excluding hydrogens is 252 g/mol. The van der Waals surface area contributed by atoms with Crippen molar-refractivity contribution < 1.29 is 4.79 Å². The van der Waals surface area contributed by atoms with Crippen LogP contribution in [0.5, 0.6) is 0 Å². The van der Waals surface area contributed by atoms with E-state index in [1.54, 1.807) is 0 Å². The molecule has 0 radical (unpaired) electrons. The van der Waals surface area contributed by atoms with Gasteiger partial charge in [0, 0.05) is 18.0 Å². The van der Waals surface area contributed by atoms with E-state index in [1.165, 1.54) is 0 Å². The second kappa shape index (κ2) is 8.99. The molecule has 0 aliphatic rings. The van der Waals surface area contributed by atoms with Crippen LogP contribution < -0.4 is 5.32 Å². The van der Waals surface area contributed by atoms with Gasteiger partial charge < -0.3 is 5.32 Å². The molecule has 5 heteroatoms. The van der Waals surface area contributed by atoms with E-state index >= 15 is 0 Å². The van der Waals surface area contributed by atoms with Gasteiger partial charge in [-0.25, -0.2) is 0 Å². The molecule has 0 bridgehead atoms. The Morgan fingerprint density at radius 3 is 2.70 bits per heavy atom. The van der Waals surface area contributed by atoms with E-state index in [4.69, 9.17) is 5.53 Å². The van der Waals surface area contributed by atoms with Crippen molar-refractivity contribution in [3.63, 3.8) is 0 Å². The summed E-state index contributed by atoms with van der Waals surface area (Å²) in [5.41, 5.74) is 9.24. The van der Waals surface area contributed by atoms with E-state index in [2.05, 4.69) is 29.2 Å². The average Bonchev–Trinajstić information content (AvgIpc) is 2.48. The van der Waals surface area contributed by atoms with E-state index in [-0.39, 0.29) is 17.7 Å². The number of nitrogens with one attached hydrogen (secondary N) is 1. The number of rotatable bonds is 8. The molecule has 1 amide bonds. The number of hydrogen-bond acceptors (Lipinski definition) is 2. The van der Waals surface area contributed by atoms with Crippen LogP contribution in [0.25, 0.3) is 10.4 Å². The monoisotopic (exact) mass is 274 g/mol. The van der Waals surface area contributed by atoms with Gasteiger partial charge in [0.15, 0.2) is 0 Å². The van der Waals surface area contributed by atoms with Gasteiger partial charge >= 0.3 is 0 Å². The molecule has 0 saturated heterocycles. The average molecular weight is 274 g/mol. The summed E-state index contributed by atoms with van der Waals surface area (Å²) in [6, 6.07) is 9.86. The van der Waals surface area contributed by atoms with Crippen LogP contribution >= 0.6 is 0 Å². The lowest BCUT2D eigenvalue weighted by atomic mass is 9.85. The van der Waals surface area contributed by atoms with Crippen molar-refractivity contribution in [3.8, 4) is 0 Å². The molecule has 5 nitrogen and oxygen atoms in total. The fourth-order valence-corrected chi connectivity index (χ4v) is 2.15. The highest BCUT2D eigenvalue weighted by molar-refractivity contribution is 5.83. The summed E-state index contributed by atoms with van der Waals surface area (Å²) in [6.45, 7) is 5.14. The minimum Gasteiger partial charge on any atom is -0.356 e. The second-order valence-electron chi connectivity index (χ2n) is 4.87. The molecule has 1 aromatic rings. The smallest absolute Gasteiger partial charge is 0.227 e. The largest absolute Gasteiger partial charge is 0.356 e. The summed E-state index contributed by atoms with van der Waals surface area (Å²) in [7, 11) is 0. The van der Waals surface area contributed by atoms with Gasteiger partial charge in [-0.15, -0.1) is 0 Å². The molecular formula is C15H22N4O. The van der Waals surface area contributed by atoms with E-state index in [9.17, 15) is 4.79 Å². The zero-order chi connectivity index (χ0) is 14.8. The predicted octanol–water partition coefficient (Wildman–Crippen LogP) is 3.63. The zero-order valence-corrected chi connectivity index (χ0v) is 12.1. The topological polar surface area (TPSA) is 77.9 Å². The van der Waals surface area contributed by atoms with Crippen molar-refractivity contribution in [2.45, 2.75) is 32.6 Å². The quantitative estimate of drug-likeness (QED) is 0.334. The molecule has 1 rings (SSSR count). The van der Waals surface area contributed by atoms with E-state index < -0.39 is 0 Å². The fourth-order valence-electron chi connectivity index (χ4n) is 2.15. The molecule has 1 aromatic carbocycles. The standard InChI is InChI=1S/C15H22N4O/c1-3-12(2)14(13-8-5-4-6-9-13)15(20)17-10-7-11-18-19-16/h4-6,8-9,12,14H,3,7,10-11H2,1-2H3,(H,17,20). The molecule has 0 aliphatic carbocycles. The second-order valence-corrected chi connectivity index (χ2v) is 4.87. The summed E-state index contributed by atoms with van der Waals surface area (Å²) in [5, 5.41) is 6.39. The van der Waals surface area contributed by atoms with Gasteiger partial charge in [-0.2, -0.15) is 0 Å². The molecule has 0 aromatic heterocycles. The lowest BCUT2D eigenvalue weighted by Crippen LogP contribution is -2.33. The number of azide groups is 1. The maximum Gasteiger partial charge on any atom is 0.227 e. The Kier molecular flexibility index (Phi) is 7.22. The Labute approximate surface area is 120 Å². The number of benzene rings is 1. The van der Waals surface area contributed by atoms with Crippen molar-refractivity contribution in [1.82, 2.24) is 5.32 Å². The van der Waals surface area contributed by atoms with Gasteiger partial charge in [0.25, 0.3) is 0 Å². The first kappa shape index (κ1) is 16.1. The highest BCUT2D eigenvalue weighted by Gasteiger charge is 2.25. The third kappa shape index (κ3) is 4.94. The first-order valence-electron chi connectivity index (χ1n) is 7.04. The summed E-state index contributed by atoms with van der Waals surface area (Å²) in [5.74, 6) is 0.210. The SMILES string of the molecule is CCC(C)C(C(=O)NCCCN=[N+]=[N-])c1ccccc1. The van der Waals surface area contributed by atoms with Crippen LogP contribution in [0.1, 0.15) is 38.2 Å². The van der Waals surface area contributed by atoms with Gasteiger partial charge in [-0.1, -0.05) is 55.7 Å². The molecule has 0 fully saturated rings. The number of amides is 1. The Hall–Kier alpha value is -2.00. The summed E-state index contributed by atoms with van der Waals surface area (Å²) in [6.07, 6.45) is 1.61. The Morgan fingerprint density at radius 1 is 1.40 bits per heavy atom. The molecule has 0 heterocycles. The first-order chi connectivity index (χ1) is 9.70. The minimum absolute atomic E-state index is 0.0477. The zero-order valence-electron chi connectivity index (χ0n) is 12.1. The fraction of sp³-hybridized carbons (Fsp3) is 0.533. The van der Waals surface area contributed by atoms with Crippen molar-refractivity contribution in [2.75, 3.05) is 13.1 Å². The van der Waals surface area contributed by atoms with Crippen molar-refractivity contribution in [1.29, 1.82) is 0 Å². The Bertz CT molecular complexity index is 454. The van der Waals surface area contributed by atoms with Crippen LogP contribution in [0.3, 0.4) is 0 Å². The highest BCUT2D eigenvalue weighted by Crippen LogP contribution is 2.26. The lowest BCUT2D eigenvalue weighted by Gasteiger charge is -2.22. The molecule has 20 heavy (non-hydrogen) atoms. The van der Waals surface area contributed by atoms with Crippen LogP contribution in [0.4, 0.5) is 0 Å². The third-order valence-corrected chi connectivity index (χ3v) is 3.45. The number of nitrogens with zero attached hydrogens (tertiary/aromatic N) is 3. The van der Waals surface area contributed by atoms with Gasteiger partial charge in [0.05, 0.1) is 5.92 Å². The van der Waals surface area contributed by atoms with Crippen molar-refractivity contribution >= 4 is 5.91 Å². The maximum atomic E-state index is 12.4. The normalized spacial score (nSPS) is 13.1. The third-order valence-electron chi connectivity index (χ3n) is 3.45. The van der Waals surface area contributed by atoms with Gasteiger partial charge in [0.2, 0.25) is 5.91 Å². The Balaban J connectivity index is 2.64. The molecule has 0 spiro atoms. The maximum absolute atomic E-state index is 12.4. The number of carbonyl (C=O) groups is 1. The van der Waals surface area contributed by atoms with E-state index in [0.29, 0.717) is 19.5 Å². The van der Waals surface area contributed by atoms with Crippen LogP contribution in [-0.4, -0.2) is 19.0 Å². The molecule has 1 N–H and O–H groups in total. The van der Waals surface area contributed by atoms with Crippen LogP contribution in [0, 0.1) is 5.92 Å². The summed E-state index contributed by atoms with van der Waals surface area (Å²) in [4.78, 5) is 15.1. The first-order valence-corrected chi connectivity index (χ1v) is 7.04. The van der Waals surface area contributed by atoms with Gasteiger partial charge in [-0.3, -0.25) is 4.79 Å². The van der Waals surface area contributed by atoms with Crippen molar-refractivity contribution in [3.05, 3.63) is 46.3 Å². The Morgan fingerprint density at radius 2 is 2.10 bits per heavy atom. The van der Waals surface area contributed by atoms with Crippen LogP contribution in [0.2, 0.25) is 0 Å². The van der Waals surface area contributed by atoms with Crippen molar-refractivity contribution in [2.24, 2.45) is 11.0 Å². The van der Waals surface area contributed by atoms with Crippen LogP contribution in [-0.2, 0) is 4.79 Å². The molecule has 0 saturated carbocycles. The molecule has 2 unspecified atom stereocenters. The molecule has 2 atom stereocenters. The summed E-state index contributed by atoms with van der Waals surface area (Å²) >= 11 is 0. The van der Waals surface area contributed by atoms with E-state index in [1.807, 2.05) is 30.3 Å². The molecule has 0 aliphatic heterocycles. The highest BCUT2D eigenvalue weighted by atomic mass is 16.1. The van der Waals surface area contributed by atoms with Crippen LogP contribution in [0.15, 0.2) is 35.4 Å². The number of carbonyl (C=O) groups excluding carboxylic acids is 1. The van der Waals surface area contributed by atoms with E-state index in [0.717, 1.165) is 12.0 Å². The van der Waals surface area contributed by atoms with Gasteiger partial charge in [-0.05, 0) is 23.4 Å². The minimum atomic E-state index is -0.124. The lowest BCUT2D eigenvalue weighted by molar-refractivity contribution is -0.123. The van der Waals surface area contributed by atoms with Gasteiger partial charge in [0.1, 0.15) is 0 Å². The summed E-state index contributed by atoms with van der Waals surface area (Å²) < 4.78 is 0. The molecule has 108 valence electrons. The number of hydrogen-bond donors (Lipinski definition) is 1. The predicted molar refractivity (Wildman–Crippen MR) is 80.3 cm³/mol.